The van der Waals surface area contributed by atoms with Crippen LogP contribution in [-0.2, 0) is 4.74 Å². The number of anilines is 2. The molecule has 0 aromatic carbocycles. The third-order valence-corrected chi connectivity index (χ3v) is 2.15. The second-order valence-corrected chi connectivity index (χ2v) is 3.28. The molecular formula is C9H15ClN4O. The Bertz CT molecular complexity index is 308. The Morgan fingerprint density at radius 3 is 3.07 bits per heavy atom. The first kappa shape index (κ1) is 12.0. The highest BCUT2D eigenvalue weighted by atomic mass is 35.5. The molecule has 84 valence electrons. The normalized spacial score (nSPS) is 10.3. The Morgan fingerprint density at radius 2 is 2.33 bits per heavy atom. The molecule has 1 aromatic heterocycles. The van der Waals surface area contributed by atoms with Gasteiger partial charge < -0.3 is 15.8 Å². The maximum Gasteiger partial charge on any atom is 0.150 e. The van der Waals surface area contributed by atoms with Crippen LogP contribution < -0.4 is 11.1 Å². The summed E-state index contributed by atoms with van der Waals surface area (Å²) in [5.41, 5.74) is 5.52. The van der Waals surface area contributed by atoms with E-state index in [4.69, 9.17) is 22.1 Å². The molecule has 1 aromatic rings. The number of nitrogen functional groups attached to an aromatic ring is 1. The molecule has 0 saturated carbocycles. The van der Waals surface area contributed by atoms with Gasteiger partial charge in [-0.1, -0.05) is 11.6 Å². The monoisotopic (exact) mass is 230 g/mol. The van der Waals surface area contributed by atoms with E-state index in [1.54, 1.807) is 0 Å². The van der Waals surface area contributed by atoms with Gasteiger partial charge in [-0.2, -0.15) is 0 Å². The summed E-state index contributed by atoms with van der Waals surface area (Å²) in [6, 6.07) is 0. The number of rotatable bonds is 6. The van der Waals surface area contributed by atoms with Crippen LogP contribution in [0.1, 0.15) is 13.3 Å². The average Bonchev–Trinajstić information content (AvgIpc) is 2.24. The molecule has 1 rings (SSSR count). The van der Waals surface area contributed by atoms with Crippen LogP contribution in [0.2, 0.25) is 5.02 Å². The van der Waals surface area contributed by atoms with Crippen LogP contribution in [0, 0.1) is 0 Å². The zero-order valence-electron chi connectivity index (χ0n) is 8.66. The lowest BCUT2D eigenvalue weighted by Crippen LogP contribution is -2.08. The van der Waals surface area contributed by atoms with Gasteiger partial charge >= 0.3 is 0 Å². The van der Waals surface area contributed by atoms with Crippen LogP contribution >= 0.6 is 11.6 Å². The van der Waals surface area contributed by atoms with E-state index in [-0.39, 0.29) is 0 Å². The SMILES string of the molecule is CCOCCCNc1ncnc(N)c1Cl. The highest BCUT2D eigenvalue weighted by Crippen LogP contribution is 2.22. The van der Waals surface area contributed by atoms with Crippen LogP contribution in [0.4, 0.5) is 11.6 Å². The molecule has 0 unspecified atom stereocenters. The quantitative estimate of drug-likeness (QED) is 0.726. The smallest absolute Gasteiger partial charge is 0.150 e. The molecule has 0 aliphatic rings. The maximum absolute atomic E-state index is 5.89. The first-order chi connectivity index (χ1) is 7.25. The van der Waals surface area contributed by atoms with Crippen molar-refractivity contribution >= 4 is 23.2 Å². The third-order valence-electron chi connectivity index (χ3n) is 1.78. The van der Waals surface area contributed by atoms with Crippen molar-refractivity contribution in [3.8, 4) is 0 Å². The van der Waals surface area contributed by atoms with Crippen molar-refractivity contribution in [3.63, 3.8) is 0 Å². The summed E-state index contributed by atoms with van der Waals surface area (Å²) in [6.07, 6.45) is 2.28. The molecule has 0 saturated heterocycles. The maximum atomic E-state index is 5.89. The predicted octanol–water partition coefficient (Wildman–Crippen LogP) is 1.55. The Morgan fingerprint density at radius 1 is 1.53 bits per heavy atom. The van der Waals surface area contributed by atoms with Crippen LogP contribution in [-0.4, -0.2) is 29.7 Å². The zero-order valence-corrected chi connectivity index (χ0v) is 9.42. The minimum absolute atomic E-state index is 0.291. The Kier molecular flexibility index (Phi) is 5.14. The van der Waals surface area contributed by atoms with Gasteiger partial charge in [-0.25, -0.2) is 9.97 Å². The summed E-state index contributed by atoms with van der Waals surface area (Å²) in [4.78, 5) is 7.75. The first-order valence-corrected chi connectivity index (χ1v) is 5.21. The number of hydrogen-bond donors (Lipinski definition) is 2. The van der Waals surface area contributed by atoms with Gasteiger partial charge in [0.2, 0.25) is 0 Å². The van der Waals surface area contributed by atoms with Gasteiger partial charge in [-0.3, -0.25) is 0 Å². The van der Waals surface area contributed by atoms with E-state index in [1.807, 2.05) is 6.92 Å². The van der Waals surface area contributed by atoms with Gasteiger partial charge in [0.05, 0.1) is 0 Å². The molecule has 0 amide bonds. The summed E-state index contributed by atoms with van der Waals surface area (Å²) in [7, 11) is 0. The van der Waals surface area contributed by atoms with E-state index in [0.717, 1.165) is 26.2 Å². The molecule has 0 atom stereocenters. The molecule has 1 heterocycles. The molecule has 0 radical (unpaired) electrons. The second-order valence-electron chi connectivity index (χ2n) is 2.90. The van der Waals surface area contributed by atoms with E-state index in [0.29, 0.717) is 16.7 Å². The van der Waals surface area contributed by atoms with Crippen LogP contribution in [0.15, 0.2) is 6.33 Å². The van der Waals surface area contributed by atoms with Crippen molar-refractivity contribution in [2.45, 2.75) is 13.3 Å². The fraction of sp³-hybridized carbons (Fsp3) is 0.556. The summed E-state index contributed by atoms with van der Waals surface area (Å²) < 4.78 is 5.19. The molecular weight excluding hydrogens is 216 g/mol. The van der Waals surface area contributed by atoms with Crippen molar-refractivity contribution < 1.29 is 4.74 Å². The average molecular weight is 231 g/mol. The van der Waals surface area contributed by atoms with Crippen molar-refractivity contribution in [1.29, 1.82) is 0 Å². The van der Waals surface area contributed by atoms with Crippen molar-refractivity contribution in [2.24, 2.45) is 0 Å². The van der Waals surface area contributed by atoms with Gasteiger partial charge in [-0.05, 0) is 13.3 Å². The lowest BCUT2D eigenvalue weighted by Gasteiger charge is -2.07. The Hall–Kier alpha value is -1.07. The second kappa shape index (κ2) is 6.42. The lowest BCUT2D eigenvalue weighted by atomic mass is 10.4. The fourth-order valence-electron chi connectivity index (χ4n) is 1.03. The van der Waals surface area contributed by atoms with E-state index >= 15 is 0 Å². The number of aromatic nitrogens is 2. The molecule has 0 spiro atoms. The van der Waals surface area contributed by atoms with Gasteiger partial charge in [0, 0.05) is 19.8 Å². The molecule has 0 aliphatic heterocycles. The number of hydrogen-bond acceptors (Lipinski definition) is 5. The molecule has 0 aliphatic carbocycles. The molecule has 6 heteroatoms. The summed E-state index contributed by atoms with van der Waals surface area (Å²) >= 11 is 5.89. The molecule has 0 bridgehead atoms. The van der Waals surface area contributed by atoms with Gasteiger partial charge in [-0.15, -0.1) is 0 Å². The van der Waals surface area contributed by atoms with Gasteiger partial charge in [0.1, 0.15) is 23.0 Å². The van der Waals surface area contributed by atoms with E-state index in [9.17, 15) is 0 Å². The highest BCUT2D eigenvalue weighted by molar-refractivity contribution is 6.35. The highest BCUT2D eigenvalue weighted by Gasteiger charge is 2.04. The minimum Gasteiger partial charge on any atom is -0.382 e. The number of nitrogens with zero attached hydrogens (tertiary/aromatic N) is 2. The van der Waals surface area contributed by atoms with Gasteiger partial charge in [0.15, 0.2) is 0 Å². The number of nitrogens with one attached hydrogen (secondary N) is 1. The van der Waals surface area contributed by atoms with Crippen LogP contribution in [0.5, 0.6) is 0 Å². The topological polar surface area (TPSA) is 73.1 Å². The largest absolute Gasteiger partial charge is 0.382 e. The van der Waals surface area contributed by atoms with Crippen molar-refractivity contribution in [3.05, 3.63) is 11.3 Å². The predicted molar refractivity (Wildman–Crippen MR) is 61.1 cm³/mol. The number of nitrogens with two attached hydrogens (primary N) is 1. The molecule has 5 nitrogen and oxygen atoms in total. The van der Waals surface area contributed by atoms with E-state index < -0.39 is 0 Å². The molecule has 3 N–H and O–H groups in total. The zero-order chi connectivity index (χ0) is 11.1. The lowest BCUT2D eigenvalue weighted by molar-refractivity contribution is 0.147. The van der Waals surface area contributed by atoms with Crippen molar-refractivity contribution in [2.75, 3.05) is 30.8 Å². The minimum atomic E-state index is 0.291. The van der Waals surface area contributed by atoms with E-state index in [1.165, 1.54) is 6.33 Å². The van der Waals surface area contributed by atoms with Crippen LogP contribution in [0.3, 0.4) is 0 Å². The Labute approximate surface area is 94.0 Å². The Balaban J connectivity index is 2.34. The first-order valence-electron chi connectivity index (χ1n) is 4.83. The fourth-order valence-corrected chi connectivity index (χ4v) is 1.20. The summed E-state index contributed by atoms with van der Waals surface area (Å²) in [5, 5.41) is 3.44. The number of halogens is 1. The summed E-state index contributed by atoms with van der Waals surface area (Å²) in [5.74, 6) is 0.861. The molecule has 0 fully saturated rings. The van der Waals surface area contributed by atoms with Gasteiger partial charge in [0.25, 0.3) is 0 Å². The standard InChI is InChI=1S/C9H15ClN4O/c1-2-15-5-3-4-12-9-7(10)8(11)13-6-14-9/h6H,2-5H2,1H3,(H3,11,12,13,14). The van der Waals surface area contributed by atoms with Crippen LogP contribution in [0.25, 0.3) is 0 Å². The van der Waals surface area contributed by atoms with E-state index in [2.05, 4.69) is 15.3 Å². The number of ether oxygens (including phenoxy) is 1. The molecule has 15 heavy (non-hydrogen) atoms. The van der Waals surface area contributed by atoms with Crippen molar-refractivity contribution in [1.82, 2.24) is 9.97 Å². The summed E-state index contributed by atoms with van der Waals surface area (Å²) in [6.45, 7) is 4.18. The third kappa shape index (κ3) is 3.89.